The van der Waals surface area contributed by atoms with Crippen LogP contribution in [0.5, 0.6) is 11.5 Å². The molecule has 2 rings (SSSR count). The molecule has 0 aliphatic rings. The van der Waals surface area contributed by atoms with Crippen molar-refractivity contribution in [2.75, 3.05) is 5.32 Å². The second kappa shape index (κ2) is 6.37. The van der Waals surface area contributed by atoms with Gasteiger partial charge < -0.3 is 10.1 Å². The fourth-order valence-corrected chi connectivity index (χ4v) is 1.78. The number of hydrogen-bond donors (Lipinski definition) is 1. The van der Waals surface area contributed by atoms with Crippen molar-refractivity contribution in [1.82, 2.24) is 0 Å². The van der Waals surface area contributed by atoms with Crippen LogP contribution in [0.25, 0.3) is 0 Å². The van der Waals surface area contributed by atoms with E-state index in [0.717, 1.165) is 6.07 Å². The van der Waals surface area contributed by atoms with Crippen LogP contribution in [0.3, 0.4) is 0 Å². The quantitative estimate of drug-likeness (QED) is 0.689. The summed E-state index contributed by atoms with van der Waals surface area (Å²) in [5.41, 5.74) is 0.385. The number of ether oxygens (including phenoxy) is 1. The first-order chi connectivity index (χ1) is 10.5. The van der Waals surface area contributed by atoms with Gasteiger partial charge in [0.05, 0.1) is 16.6 Å². The minimum Gasteiger partial charge on any atom is -0.450 e. The summed E-state index contributed by atoms with van der Waals surface area (Å²) in [5, 5.41) is 22.4. The first-order valence-electron chi connectivity index (χ1n) is 6.23. The van der Waals surface area contributed by atoms with Crippen LogP contribution in [0.4, 0.5) is 11.4 Å². The maximum Gasteiger partial charge on any atom is 0.312 e. The van der Waals surface area contributed by atoms with Gasteiger partial charge in [-0.15, -0.1) is 0 Å². The van der Waals surface area contributed by atoms with Crippen LogP contribution in [0.1, 0.15) is 12.5 Å². The number of nitro groups is 1. The van der Waals surface area contributed by atoms with Crippen molar-refractivity contribution in [3.05, 3.63) is 58.1 Å². The van der Waals surface area contributed by atoms with Gasteiger partial charge in [0.15, 0.2) is 0 Å². The maximum absolute atomic E-state index is 11.1. The van der Waals surface area contributed by atoms with Crippen LogP contribution in [0.2, 0.25) is 0 Å². The Labute approximate surface area is 125 Å². The van der Waals surface area contributed by atoms with Crippen LogP contribution in [0, 0.1) is 21.4 Å². The van der Waals surface area contributed by atoms with Gasteiger partial charge in [-0.1, -0.05) is 6.07 Å². The van der Waals surface area contributed by atoms with Gasteiger partial charge in [0.25, 0.3) is 0 Å². The van der Waals surface area contributed by atoms with E-state index in [9.17, 15) is 14.9 Å². The van der Waals surface area contributed by atoms with E-state index in [2.05, 4.69) is 5.32 Å². The molecule has 1 amide bonds. The normalized spacial score (nSPS) is 9.64. The lowest BCUT2D eigenvalue weighted by molar-refractivity contribution is -0.385. The van der Waals surface area contributed by atoms with E-state index in [1.165, 1.54) is 19.1 Å². The molecule has 0 fully saturated rings. The van der Waals surface area contributed by atoms with Crippen molar-refractivity contribution in [3.63, 3.8) is 0 Å². The van der Waals surface area contributed by atoms with Gasteiger partial charge in [0, 0.05) is 24.7 Å². The number of carbonyl (C=O) groups is 1. The van der Waals surface area contributed by atoms with Crippen LogP contribution in [-0.4, -0.2) is 10.8 Å². The minimum atomic E-state index is -0.617. The Morgan fingerprint density at radius 2 is 2.09 bits per heavy atom. The summed E-state index contributed by atoms with van der Waals surface area (Å²) in [5.74, 6) is 0.115. The molecule has 22 heavy (non-hydrogen) atoms. The van der Waals surface area contributed by atoms with Gasteiger partial charge in [-0.3, -0.25) is 14.9 Å². The smallest absolute Gasteiger partial charge is 0.312 e. The molecule has 0 aliphatic heterocycles. The van der Waals surface area contributed by atoms with Crippen molar-refractivity contribution < 1.29 is 14.5 Å². The average molecular weight is 297 g/mol. The van der Waals surface area contributed by atoms with Crippen LogP contribution < -0.4 is 10.1 Å². The summed E-state index contributed by atoms with van der Waals surface area (Å²) in [4.78, 5) is 21.5. The fraction of sp³-hybridized carbons (Fsp3) is 0.0667. The van der Waals surface area contributed by atoms with Gasteiger partial charge in [-0.25, -0.2) is 0 Å². The molecular weight excluding hydrogens is 286 g/mol. The highest BCUT2D eigenvalue weighted by Crippen LogP contribution is 2.32. The fourth-order valence-electron chi connectivity index (χ4n) is 1.78. The van der Waals surface area contributed by atoms with Gasteiger partial charge in [0.1, 0.15) is 5.75 Å². The molecule has 2 aromatic rings. The summed E-state index contributed by atoms with van der Waals surface area (Å²) in [7, 11) is 0. The number of nitrogens with zero attached hydrogens (tertiary/aromatic N) is 2. The van der Waals surface area contributed by atoms with E-state index in [0.29, 0.717) is 11.4 Å². The topological polar surface area (TPSA) is 105 Å². The Kier molecular flexibility index (Phi) is 4.34. The zero-order chi connectivity index (χ0) is 16.1. The maximum atomic E-state index is 11.1. The Bertz CT molecular complexity index is 781. The van der Waals surface area contributed by atoms with E-state index in [1.807, 2.05) is 6.07 Å². The third-order valence-corrected chi connectivity index (χ3v) is 2.67. The van der Waals surface area contributed by atoms with Crippen LogP contribution in [-0.2, 0) is 4.79 Å². The van der Waals surface area contributed by atoms with E-state index >= 15 is 0 Å². The number of nitrogens with one attached hydrogen (secondary N) is 1. The first-order valence-corrected chi connectivity index (χ1v) is 6.23. The molecule has 2 aromatic carbocycles. The largest absolute Gasteiger partial charge is 0.450 e. The van der Waals surface area contributed by atoms with E-state index in [1.54, 1.807) is 24.3 Å². The SMILES string of the molecule is CC(=O)Nc1cccc(Oc2ccc(C#N)cc2[N+](=O)[O-])c1. The second-order valence-corrected chi connectivity index (χ2v) is 4.36. The summed E-state index contributed by atoms with van der Waals surface area (Å²) in [6.07, 6.45) is 0. The van der Waals surface area contributed by atoms with Crippen molar-refractivity contribution in [3.8, 4) is 17.6 Å². The molecule has 0 atom stereocenters. The van der Waals surface area contributed by atoms with E-state index in [4.69, 9.17) is 10.00 Å². The third kappa shape index (κ3) is 3.58. The molecule has 0 radical (unpaired) electrons. The predicted molar refractivity (Wildman–Crippen MR) is 78.6 cm³/mol. The third-order valence-electron chi connectivity index (χ3n) is 2.67. The molecule has 1 N–H and O–H groups in total. The number of benzene rings is 2. The van der Waals surface area contributed by atoms with E-state index in [-0.39, 0.29) is 22.9 Å². The second-order valence-electron chi connectivity index (χ2n) is 4.36. The van der Waals surface area contributed by atoms with Crippen molar-refractivity contribution in [2.24, 2.45) is 0 Å². The zero-order valence-corrected chi connectivity index (χ0v) is 11.6. The number of rotatable bonds is 4. The highest BCUT2D eigenvalue weighted by Gasteiger charge is 2.17. The van der Waals surface area contributed by atoms with Crippen LogP contribution >= 0.6 is 0 Å². The molecule has 0 spiro atoms. The summed E-state index contributed by atoms with van der Waals surface area (Å²) in [6.45, 7) is 1.37. The van der Waals surface area contributed by atoms with Gasteiger partial charge in [0.2, 0.25) is 11.7 Å². The molecule has 7 heteroatoms. The van der Waals surface area contributed by atoms with Crippen molar-refractivity contribution in [1.29, 1.82) is 5.26 Å². The molecular formula is C15H11N3O4. The van der Waals surface area contributed by atoms with Gasteiger partial charge in [-0.05, 0) is 24.3 Å². The molecule has 110 valence electrons. The molecule has 7 nitrogen and oxygen atoms in total. The monoisotopic (exact) mass is 297 g/mol. The Morgan fingerprint density at radius 1 is 1.32 bits per heavy atom. The lowest BCUT2D eigenvalue weighted by Gasteiger charge is -2.08. The molecule has 0 aliphatic carbocycles. The van der Waals surface area contributed by atoms with Gasteiger partial charge >= 0.3 is 5.69 Å². The molecule has 0 unspecified atom stereocenters. The number of hydrogen-bond acceptors (Lipinski definition) is 5. The highest BCUT2D eigenvalue weighted by atomic mass is 16.6. The summed E-state index contributed by atoms with van der Waals surface area (Å²) < 4.78 is 5.49. The van der Waals surface area contributed by atoms with Crippen LogP contribution in [0.15, 0.2) is 42.5 Å². The molecule has 0 saturated heterocycles. The molecule has 0 bridgehead atoms. The standard InChI is InChI=1S/C15H11N3O4/c1-10(19)17-12-3-2-4-13(8-12)22-15-6-5-11(9-16)7-14(15)18(20)21/h2-8H,1H3,(H,17,19). The summed E-state index contributed by atoms with van der Waals surface area (Å²) in [6, 6.07) is 12.2. The molecule has 0 saturated carbocycles. The Morgan fingerprint density at radius 3 is 2.73 bits per heavy atom. The summed E-state index contributed by atoms with van der Waals surface area (Å²) >= 11 is 0. The molecule has 0 heterocycles. The first kappa shape index (κ1) is 15.0. The number of amides is 1. The van der Waals surface area contributed by atoms with Crippen molar-refractivity contribution in [2.45, 2.75) is 6.92 Å². The minimum absolute atomic E-state index is 0.0176. The van der Waals surface area contributed by atoms with Gasteiger partial charge in [-0.2, -0.15) is 5.26 Å². The lowest BCUT2D eigenvalue weighted by Crippen LogP contribution is -2.05. The average Bonchev–Trinajstić information content (AvgIpc) is 2.47. The predicted octanol–water partition coefficient (Wildman–Crippen LogP) is 3.22. The number of nitro benzene ring substituents is 1. The molecule has 0 aromatic heterocycles. The number of anilines is 1. The Hall–Kier alpha value is -3.40. The lowest BCUT2D eigenvalue weighted by atomic mass is 10.2. The number of carbonyl (C=O) groups excluding carboxylic acids is 1. The van der Waals surface area contributed by atoms with Crippen molar-refractivity contribution >= 4 is 17.3 Å². The number of nitriles is 1. The zero-order valence-electron chi connectivity index (χ0n) is 11.6. The Balaban J connectivity index is 2.33. The van der Waals surface area contributed by atoms with E-state index < -0.39 is 4.92 Å². The highest BCUT2D eigenvalue weighted by molar-refractivity contribution is 5.88.